The highest BCUT2D eigenvalue weighted by molar-refractivity contribution is 5.78. The molecule has 0 unspecified atom stereocenters. The van der Waals surface area contributed by atoms with Gasteiger partial charge in [-0.05, 0) is 49.9 Å². The molecular weight excluding hydrogens is 285 g/mol. The smallest absolute Gasteiger partial charge is 0.416 e. The van der Waals surface area contributed by atoms with Gasteiger partial charge in [-0.3, -0.25) is 10.2 Å². The fraction of sp³-hybridized carbons (Fsp3) is 0.500. The zero-order valence-corrected chi connectivity index (χ0v) is 11.3. The summed E-state index contributed by atoms with van der Waals surface area (Å²) in [6.07, 6.45) is -1.74. The first-order chi connectivity index (χ1) is 9.90. The van der Waals surface area contributed by atoms with Crippen molar-refractivity contribution < 1.29 is 22.7 Å². The minimum Gasteiger partial charge on any atom is -0.490 e. The van der Waals surface area contributed by atoms with Crippen molar-refractivity contribution in [1.82, 2.24) is 5.43 Å². The molecule has 4 nitrogen and oxygen atoms in total. The third-order valence-corrected chi connectivity index (χ3v) is 3.67. The average Bonchev–Trinajstić information content (AvgIpc) is 2.47. The normalized spacial score (nSPS) is 22.7. The summed E-state index contributed by atoms with van der Waals surface area (Å²) in [5, 5.41) is 0. The number of nitrogens with two attached hydrogens (primary N) is 1. The zero-order chi connectivity index (χ0) is 15.5. The van der Waals surface area contributed by atoms with Crippen molar-refractivity contribution in [2.45, 2.75) is 38.0 Å². The van der Waals surface area contributed by atoms with Gasteiger partial charge in [0.05, 0.1) is 11.7 Å². The van der Waals surface area contributed by atoms with E-state index >= 15 is 0 Å². The molecule has 1 aromatic carbocycles. The van der Waals surface area contributed by atoms with Gasteiger partial charge in [0.25, 0.3) is 0 Å². The van der Waals surface area contributed by atoms with E-state index in [9.17, 15) is 18.0 Å². The van der Waals surface area contributed by atoms with Gasteiger partial charge in [-0.1, -0.05) is 0 Å². The predicted octanol–water partition coefficient (Wildman–Crippen LogP) is 2.63. The summed E-state index contributed by atoms with van der Waals surface area (Å²) in [6.45, 7) is 0. The molecule has 0 heterocycles. The molecule has 2 rings (SSSR count). The van der Waals surface area contributed by atoms with Gasteiger partial charge in [0, 0.05) is 5.92 Å². The Bertz CT molecular complexity index is 480. The number of amides is 1. The second-order valence-electron chi connectivity index (χ2n) is 5.12. The maximum atomic E-state index is 12.4. The number of halogens is 3. The molecule has 0 bridgehead atoms. The summed E-state index contributed by atoms with van der Waals surface area (Å²) < 4.78 is 43.0. The number of alkyl halides is 3. The van der Waals surface area contributed by atoms with Crippen LogP contribution in [0, 0.1) is 5.92 Å². The minimum absolute atomic E-state index is 0.0800. The number of rotatable bonds is 3. The average molecular weight is 302 g/mol. The molecule has 1 aliphatic rings. The van der Waals surface area contributed by atoms with Gasteiger partial charge in [-0.15, -0.1) is 0 Å². The molecule has 0 aliphatic heterocycles. The van der Waals surface area contributed by atoms with Gasteiger partial charge in [0.2, 0.25) is 5.91 Å². The van der Waals surface area contributed by atoms with Crippen LogP contribution < -0.4 is 16.0 Å². The van der Waals surface area contributed by atoms with Crippen LogP contribution in [-0.2, 0) is 11.0 Å². The number of carbonyl (C=O) groups excluding carboxylic acids is 1. The molecule has 0 aromatic heterocycles. The molecule has 1 aromatic rings. The van der Waals surface area contributed by atoms with Crippen molar-refractivity contribution in [3.8, 4) is 5.75 Å². The van der Waals surface area contributed by atoms with Gasteiger partial charge in [-0.25, -0.2) is 5.84 Å². The number of hydrazine groups is 1. The van der Waals surface area contributed by atoms with Gasteiger partial charge in [0.15, 0.2) is 0 Å². The number of hydrogen-bond acceptors (Lipinski definition) is 3. The topological polar surface area (TPSA) is 64.3 Å². The predicted molar refractivity (Wildman–Crippen MR) is 70.1 cm³/mol. The van der Waals surface area contributed by atoms with Crippen LogP contribution in [0.15, 0.2) is 24.3 Å². The Balaban J connectivity index is 1.88. The maximum Gasteiger partial charge on any atom is 0.416 e. The highest BCUT2D eigenvalue weighted by Gasteiger charge is 2.30. The van der Waals surface area contributed by atoms with E-state index < -0.39 is 11.7 Å². The SMILES string of the molecule is NNC(=O)[C@H]1CC[C@H](Oc2ccc(C(F)(F)F)cc2)CC1. The van der Waals surface area contributed by atoms with Gasteiger partial charge < -0.3 is 4.74 Å². The van der Waals surface area contributed by atoms with Crippen LogP contribution in [0.4, 0.5) is 13.2 Å². The standard InChI is InChI=1S/C14H17F3N2O2/c15-14(16,17)10-3-7-12(8-4-10)21-11-5-1-9(2-6-11)13(20)19-18/h3-4,7-9,11H,1-2,5-6,18H2,(H,19,20)/t9-,11-. The molecule has 1 saturated carbocycles. The molecule has 0 spiro atoms. The van der Waals surface area contributed by atoms with Crippen molar-refractivity contribution in [2.24, 2.45) is 11.8 Å². The molecule has 0 radical (unpaired) electrons. The summed E-state index contributed by atoms with van der Waals surface area (Å²) in [5.74, 6) is 5.21. The molecule has 21 heavy (non-hydrogen) atoms. The fourth-order valence-corrected chi connectivity index (χ4v) is 2.48. The van der Waals surface area contributed by atoms with Crippen LogP contribution in [0.25, 0.3) is 0 Å². The second kappa shape index (κ2) is 6.34. The largest absolute Gasteiger partial charge is 0.490 e. The van der Waals surface area contributed by atoms with Crippen LogP contribution >= 0.6 is 0 Å². The third kappa shape index (κ3) is 4.10. The van der Waals surface area contributed by atoms with E-state index in [2.05, 4.69) is 5.43 Å². The highest BCUT2D eigenvalue weighted by atomic mass is 19.4. The summed E-state index contributed by atoms with van der Waals surface area (Å²) >= 11 is 0. The van der Waals surface area contributed by atoms with Crippen LogP contribution in [0.2, 0.25) is 0 Å². The number of benzene rings is 1. The third-order valence-electron chi connectivity index (χ3n) is 3.67. The zero-order valence-electron chi connectivity index (χ0n) is 11.3. The molecule has 7 heteroatoms. The van der Waals surface area contributed by atoms with E-state index in [-0.39, 0.29) is 17.9 Å². The van der Waals surface area contributed by atoms with E-state index in [1.807, 2.05) is 0 Å². The van der Waals surface area contributed by atoms with Gasteiger partial charge >= 0.3 is 6.18 Å². The lowest BCUT2D eigenvalue weighted by atomic mass is 9.87. The Morgan fingerprint density at radius 2 is 1.71 bits per heavy atom. The Labute approximate surface area is 120 Å². The summed E-state index contributed by atoms with van der Waals surface area (Å²) in [7, 11) is 0. The lowest BCUT2D eigenvalue weighted by Gasteiger charge is -2.27. The molecule has 1 amide bonds. The Hall–Kier alpha value is -1.76. The summed E-state index contributed by atoms with van der Waals surface area (Å²) in [6, 6.07) is 4.65. The van der Waals surface area contributed by atoms with Crippen LogP contribution in [-0.4, -0.2) is 12.0 Å². The molecule has 1 aliphatic carbocycles. The first kappa shape index (κ1) is 15.6. The van der Waals surface area contributed by atoms with Crippen LogP contribution in [0.5, 0.6) is 5.75 Å². The number of hydrogen-bond donors (Lipinski definition) is 2. The van der Waals surface area contributed by atoms with Gasteiger partial charge in [0.1, 0.15) is 5.75 Å². The molecule has 0 atom stereocenters. The highest BCUT2D eigenvalue weighted by Crippen LogP contribution is 2.32. The Kier molecular flexibility index (Phi) is 4.72. The van der Waals surface area contributed by atoms with Crippen LogP contribution in [0.1, 0.15) is 31.2 Å². The quantitative estimate of drug-likeness (QED) is 0.512. The number of ether oxygens (including phenoxy) is 1. The van der Waals surface area contributed by atoms with E-state index in [0.717, 1.165) is 12.1 Å². The first-order valence-electron chi connectivity index (χ1n) is 6.74. The van der Waals surface area contributed by atoms with E-state index in [4.69, 9.17) is 10.6 Å². The molecular formula is C14H17F3N2O2. The van der Waals surface area contributed by atoms with E-state index in [0.29, 0.717) is 31.4 Å². The minimum atomic E-state index is -4.34. The van der Waals surface area contributed by atoms with E-state index in [1.165, 1.54) is 12.1 Å². The molecule has 0 saturated heterocycles. The maximum absolute atomic E-state index is 12.4. The van der Waals surface area contributed by atoms with Crippen molar-refractivity contribution in [1.29, 1.82) is 0 Å². The van der Waals surface area contributed by atoms with Crippen molar-refractivity contribution in [3.63, 3.8) is 0 Å². The Morgan fingerprint density at radius 3 is 2.19 bits per heavy atom. The lowest BCUT2D eigenvalue weighted by Crippen LogP contribution is -2.38. The van der Waals surface area contributed by atoms with Crippen molar-refractivity contribution in [2.75, 3.05) is 0 Å². The Morgan fingerprint density at radius 1 is 1.14 bits per heavy atom. The second-order valence-corrected chi connectivity index (χ2v) is 5.12. The van der Waals surface area contributed by atoms with Crippen molar-refractivity contribution in [3.05, 3.63) is 29.8 Å². The van der Waals surface area contributed by atoms with E-state index in [1.54, 1.807) is 0 Å². The number of nitrogens with one attached hydrogen (secondary N) is 1. The van der Waals surface area contributed by atoms with Gasteiger partial charge in [-0.2, -0.15) is 13.2 Å². The monoisotopic (exact) mass is 302 g/mol. The fourth-order valence-electron chi connectivity index (χ4n) is 2.48. The first-order valence-corrected chi connectivity index (χ1v) is 6.74. The van der Waals surface area contributed by atoms with Crippen LogP contribution in [0.3, 0.4) is 0 Å². The molecule has 116 valence electrons. The summed E-state index contributed by atoms with van der Waals surface area (Å²) in [5.41, 5.74) is 1.44. The lowest BCUT2D eigenvalue weighted by molar-refractivity contribution is -0.137. The molecule has 1 fully saturated rings. The summed E-state index contributed by atoms with van der Waals surface area (Å²) in [4.78, 5) is 11.4. The van der Waals surface area contributed by atoms with Crippen molar-refractivity contribution >= 4 is 5.91 Å². The number of carbonyl (C=O) groups is 1. The molecule has 3 N–H and O–H groups in total.